The molecule has 1 aromatic carbocycles. The van der Waals surface area contributed by atoms with E-state index in [4.69, 9.17) is 14.5 Å². The number of hydrogen-bond donors (Lipinski definition) is 1. The number of aromatic nitrogens is 2. The van der Waals surface area contributed by atoms with Gasteiger partial charge in [-0.15, -0.1) is 0 Å². The molecule has 1 aliphatic rings. The predicted octanol–water partition coefficient (Wildman–Crippen LogP) is 3.78. The molecule has 1 aliphatic heterocycles. The molecule has 1 saturated heterocycles. The highest BCUT2D eigenvalue weighted by Crippen LogP contribution is 2.31. The lowest BCUT2D eigenvalue weighted by molar-refractivity contribution is 0.355. The van der Waals surface area contributed by atoms with E-state index in [1.54, 1.807) is 14.2 Å². The maximum Gasteiger partial charge on any atom is 0.229 e. The Morgan fingerprint density at radius 3 is 2.64 bits per heavy atom. The average molecular weight is 342 g/mol. The van der Waals surface area contributed by atoms with Crippen molar-refractivity contribution in [1.82, 2.24) is 9.97 Å². The van der Waals surface area contributed by atoms with E-state index in [0.29, 0.717) is 23.4 Å². The SMILES string of the molecule is COc1ccc(Nc2nc(C)cc(N3CCCC(C)C3)n2)cc1OC. The van der Waals surface area contributed by atoms with Gasteiger partial charge >= 0.3 is 0 Å². The Hall–Kier alpha value is -2.50. The number of aryl methyl sites for hydroxylation is 1. The smallest absolute Gasteiger partial charge is 0.229 e. The summed E-state index contributed by atoms with van der Waals surface area (Å²) < 4.78 is 10.6. The van der Waals surface area contributed by atoms with E-state index in [0.717, 1.165) is 30.3 Å². The fourth-order valence-corrected chi connectivity index (χ4v) is 3.21. The molecule has 1 fully saturated rings. The quantitative estimate of drug-likeness (QED) is 0.892. The number of hydrogen-bond acceptors (Lipinski definition) is 6. The van der Waals surface area contributed by atoms with E-state index in [2.05, 4.69) is 28.2 Å². The zero-order valence-corrected chi connectivity index (χ0v) is 15.4. The predicted molar refractivity (Wildman–Crippen MR) is 100 cm³/mol. The molecule has 25 heavy (non-hydrogen) atoms. The van der Waals surface area contributed by atoms with Gasteiger partial charge in [-0.25, -0.2) is 4.98 Å². The van der Waals surface area contributed by atoms with Gasteiger partial charge in [0.1, 0.15) is 5.82 Å². The molecule has 134 valence electrons. The third kappa shape index (κ3) is 4.13. The Bertz CT molecular complexity index is 735. The number of piperidine rings is 1. The molecule has 1 aromatic heterocycles. The fourth-order valence-electron chi connectivity index (χ4n) is 3.21. The van der Waals surface area contributed by atoms with Crippen LogP contribution in [0.25, 0.3) is 0 Å². The second kappa shape index (κ2) is 7.59. The standard InChI is InChI=1S/C19H26N4O2/c1-13-6-5-9-23(12-13)18-10-14(2)20-19(22-18)21-15-7-8-16(24-3)17(11-15)25-4/h7-8,10-11,13H,5-6,9,12H2,1-4H3,(H,20,21,22). The van der Waals surface area contributed by atoms with E-state index < -0.39 is 0 Å². The van der Waals surface area contributed by atoms with E-state index in [1.165, 1.54) is 12.8 Å². The summed E-state index contributed by atoms with van der Waals surface area (Å²) in [5, 5.41) is 3.28. The van der Waals surface area contributed by atoms with Crippen molar-refractivity contribution in [1.29, 1.82) is 0 Å². The fraction of sp³-hybridized carbons (Fsp3) is 0.474. The Morgan fingerprint density at radius 1 is 1.12 bits per heavy atom. The summed E-state index contributed by atoms with van der Waals surface area (Å²) in [6.07, 6.45) is 2.50. The number of nitrogens with zero attached hydrogens (tertiary/aromatic N) is 3. The van der Waals surface area contributed by atoms with Crippen LogP contribution in [0.15, 0.2) is 24.3 Å². The van der Waals surface area contributed by atoms with Gasteiger partial charge in [0.05, 0.1) is 14.2 Å². The number of benzene rings is 1. The van der Waals surface area contributed by atoms with E-state index in [9.17, 15) is 0 Å². The lowest BCUT2D eigenvalue weighted by atomic mass is 10.0. The van der Waals surface area contributed by atoms with Crippen molar-refractivity contribution in [2.75, 3.05) is 37.5 Å². The minimum absolute atomic E-state index is 0.598. The van der Waals surface area contributed by atoms with Gasteiger partial charge in [-0.05, 0) is 37.8 Å². The third-order valence-corrected chi connectivity index (χ3v) is 4.46. The average Bonchev–Trinajstić information content (AvgIpc) is 2.61. The molecular formula is C19H26N4O2. The number of nitrogens with one attached hydrogen (secondary N) is 1. The molecule has 3 rings (SSSR count). The van der Waals surface area contributed by atoms with E-state index >= 15 is 0 Å². The molecule has 0 amide bonds. The summed E-state index contributed by atoms with van der Waals surface area (Å²) in [7, 11) is 3.25. The highest BCUT2D eigenvalue weighted by atomic mass is 16.5. The Labute approximate surface area is 149 Å². The monoisotopic (exact) mass is 342 g/mol. The van der Waals surface area contributed by atoms with Crippen molar-refractivity contribution >= 4 is 17.5 Å². The minimum atomic E-state index is 0.598. The van der Waals surface area contributed by atoms with E-state index in [1.807, 2.05) is 25.1 Å². The van der Waals surface area contributed by atoms with Crippen molar-refractivity contribution in [2.24, 2.45) is 5.92 Å². The number of rotatable bonds is 5. The van der Waals surface area contributed by atoms with Crippen LogP contribution in [0, 0.1) is 12.8 Å². The van der Waals surface area contributed by atoms with Crippen LogP contribution >= 0.6 is 0 Å². The summed E-state index contributed by atoms with van der Waals surface area (Å²) in [6.45, 7) is 6.39. The van der Waals surface area contributed by atoms with Crippen LogP contribution in [0.3, 0.4) is 0 Å². The van der Waals surface area contributed by atoms with Crippen LogP contribution in [-0.2, 0) is 0 Å². The van der Waals surface area contributed by atoms with Crippen LogP contribution in [0.2, 0.25) is 0 Å². The molecule has 2 aromatic rings. The van der Waals surface area contributed by atoms with Gasteiger partial charge < -0.3 is 19.7 Å². The summed E-state index contributed by atoms with van der Waals surface area (Å²) in [4.78, 5) is 11.6. The van der Waals surface area contributed by atoms with Crippen LogP contribution in [-0.4, -0.2) is 37.3 Å². The molecular weight excluding hydrogens is 316 g/mol. The van der Waals surface area contributed by atoms with Gasteiger partial charge in [-0.1, -0.05) is 6.92 Å². The first kappa shape index (κ1) is 17.3. The second-order valence-electron chi connectivity index (χ2n) is 6.58. The number of methoxy groups -OCH3 is 2. The maximum absolute atomic E-state index is 5.35. The van der Waals surface area contributed by atoms with Gasteiger partial charge in [0.25, 0.3) is 0 Å². The largest absolute Gasteiger partial charge is 0.493 e. The highest BCUT2D eigenvalue weighted by molar-refractivity contribution is 5.61. The third-order valence-electron chi connectivity index (χ3n) is 4.46. The molecule has 0 bridgehead atoms. The first-order valence-corrected chi connectivity index (χ1v) is 8.68. The molecule has 6 heteroatoms. The lowest BCUT2D eigenvalue weighted by Crippen LogP contribution is -2.35. The van der Waals surface area contributed by atoms with Crippen LogP contribution in [0.5, 0.6) is 11.5 Å². The Kier molecular flexibility index (Phi) is 5.26. The maximum atomic E-state index is 5.35. The van der Waals surface area contributed by atoms with Gasteiger partial charge in [-0.2, -0.15) is 4.98 Å². The van der Waals surface area contributed by atoms with Crippen molar-refractivity contribution in [3.8, 4) is 11.5 Å². The Morgan fingerprint density at radius 2 is 1.92 bits per heavy atom. The molecule has 0 spiro atoms. The summed E-state index contributed by atoms with van der Waals surface area (Å²) in [6, 6.07) is 7.73. The van der Waals surface area contributed by atoms with Gasteiger partial charge in [0.15, 0.2) is 11.5 Å². The highest BCUT2D eigenvalue weighted by Gasteiger charge is 2.18. The zero-order chi connectivity index (χ0) is 17.8. The number of anilines is 3. The van der Waals surface area contributed by atoms with E-state index in [-0.39, 0.29) is 0 Å². The normalized spacial score (nSPS) is 17.3. The van der Waals surface area contributed by atoms with Gasteiger partial charge in [-0.3, -0.25) is 0 Å². The molecule has 0 aliphatic carbocycles. The molecule has 1 unspecified atom stereocenters. The van der Waals surface area contributed by atoms with Crippen molar-refractivity contribution < 1.29 is 9.47 Å². The summed E-state index contributed by atoms with van der Waals surface area (Å²) in [5.41, 5.74) is 1.81. The van der Waals surface area contributed by atoms with Crippen molar-refractivity contribution in [3.05, 3.63) is 30.0 Å². The first-order chi connectivity index (χ1) is 12.1. The lowest BCUT2D eigenvalue weighted by Gasteiger charge is -2.32. The second-order valence-corrected chi connectivity index (χ2v) is 6.58. The zero-order valence-electron chi connectivity index (χ0n) is 15.4. The van der Waals surface area contributed by atoms with Crippen LogP contribution in [0.1, 0.15) is 25.5 Å². The first-order valence-electron chi connectivity index (χ1n) is 8.68. The van der Waals surface area contributed by atoms with Crippen LogP contribution in [0.4, 0.5) is 17.5 Å². The Balaban J connectivity index is 1.83. The topological polar surface area (TPSA) is 59.5 Å². The molecule has 1 atom stereocenters. The molecule has 0 saturated carbocycles. The minimum Gasteiger partial charge on any atom is -0.493 e. The summed E-state index contributed by atoms with van der Waals surface area (Å²) >= 11 is 0. The molecule has 2 heterocycles. The van der Waals surface area contributed by atoms with Gasteiger partial charge in [0, 0.05) is 36.6 Å². The molecule has 0 radical (unpaired) electrons. The van der Waals surface area contributed by atoms with Crippen LogP contribution < -0.4 is 19.7 Å². The van der Waals surface area contributed by atoms with Crippen molar-refractivity contribution in [3.63, 3.8) is 0 Å². The molecule has 1 N–H and O–H groups in total. The van der Waals surface area contributed by atoms with Crippen molar-refractivity contribution in [2.45, 2.75) is 26.7 Å². The number of ether oxygens (including phenoxy) is 2. The summed E-state index contributed by atoms with van der Waals surface area (Å²) in [5.74, 6) is 3.65. The molecule has 6 nitrogen and oxygen atoms in total. The van der Waals surface area contributed by atoms with Gasteiger partial charge in [0.2, 0.25) is 5.95 Å².